The van der Waals surface area contributed by atoms with Gasteiger partial charge < -0.3 is 35.1 Å². The van der Waals surface area contributed by atoms with Crippen molar-refractivity contribution in [3.05, 3.63) is 67.0 Å². The summed E-state index contributed by atoms with van der Waals surface area (Å²) in [6.07, 6.45) is 4.65. The van der Waals surface area contributed by atoms with E-state index in [4.69, 9.17) is 9.72 Å². The van der Waals surface area contributed by atoms with Gasteiger partial charge in [-0.2, -0.15) is 0 Å². The summed E-state index contributed by atoms with van der Waals surface area (Å²) in [6.45, 7) is 7.56. The highest BCUT2D eigenvalue weighted by Crippen LogP contribution is 2.42. The van der Waals surface area contributed by atoms with Gasteiger partial charge in [0, 0.05) is 75.2 Å². The van der Waals surface area contributed by atoms with Crippen molar-refractivity contribution in [1.29, 1.82) is 0 Å². The molecule has 0 spiro atoms. The highest BCUT2D eigenvalue weighted by Gasteiger charge is 2.39. The van der Waals surface area contributed by atoms with Crippen LogP contribution in [0.5, 0.6) is 5.75 Å². The first-order chi connectivity index (χ1) is 20.7. The number of carbonyl (C=O) groups is 2. The van der Waals surface area contributed by atoms with Crippen molar-refractivity contribution < 1.29 is 14.3 Å². The van der Waals surface area contributed by atoms with Crippen molar-refractivity contribution >= 4 is 45.7 Å². The molecule has 2 amide bonds. The number of anilines is 4. The summed E-state index contributed by atoms with van der Waals surface area (Å²) < 4.78 is 5.82. The molecule has 0 aliphatic carbocycles. The van der Waals surface area contributed by atoms with Crippen LogP contribution < -0.4 is 20.3 Å². The largest absolute Gasteiger partial charge is 0.494 e. The zero-order valence-electron chi connectivity index (χ0n) is 24.8. The van der Waals surface area contributed by atoms with E-state index in [1.54, 1.807) is 21.2 Å². The molecule has 0 saturated carbocycles. The predicted molar refractivity (Wildman–Crippen MR) is 169 cm³/mol. The Kier molecular flexibility index (Phi) is 7.49. The standard InChI is InChI=1S/C32H36N8O3/c1-6-29(41)35-25-11-26(28(43-5)12-27(25)40-17-19-15-39(4)16-20(19)18-40)36-32-34-14-23(31(42)38(2)3)30(37-32)22-13-33-24-10-8-7-9-21(22)24/h6-14,19-20,33H,1,15-18H2,2-5H3,(H,35,41)(H,34,36,37). The summed E-state index contributed by atoms with van der Waals surface area (Å²) >= 11 is 0. The lowest BCUT2D eigenvalue weighted by Crippen LogP contribution is -2.27. The molecular formula is C32H36N8O3. The normalized spacial score (nSPS) is 18.0. The van der Waals surface area contributed by atoms with Gasteiger partial charge in [-0.1, -0.05) is 24.8 Å². The molecule has 0 radical (unpaired) electrons. The van der Waals surface area contributed by atoms with Crippen LogP contribution in [0.3, 0.4) is 0 Å². The summed E-state index contributed by atoms with van der Waals surface area (Å²) in [7, 11) is 7.17. The van der Waals surface area contributed by atoms with Crippen LogP contribution in [0.4, 0.5) is 23.0 Å². The van der Waals surface area contributed by atoms with Crippen LogP contribution in [0, 0.1) is 11.8 Å². The van der Waals surface area contributed by atoms with Crippen molar-refractivity contribution in [1.82, 2.24) is 24.8 Å². The maximum Gasteiger partial charge on any atom is 0.257 e. The molecule has 6 rings (SSSR count). The van der Waals surface area contributed by atoms with Crippen LogP contribution >= 0.6 is 0 Å². The summed E-state index contributed by atoms with van der Waals surface area (Å²) in [6, 6.07) is 11.6. The zero-order chi connectivity index (χ0) is 30.2. The number of hydrogen-bond acceptors (Lipinski definition) is 8. The predicted octanol–water partition coefficient (Wildman–Crippen LogP) is 4.20. The van der Waals surface area contributed by atoms with E-state index in [1.807, 2.05) is 42.6 Å². The fraction of sp³-hybridized carbons (Fsp3) is 0.312. The van der Waals surface area contributed by atoms with Crippen molar-refractivity contribution in [2.24, 2.45) is 11.8 Å². The zero-order valence-corrected chi connectivity index (χ0v) is 24.8. The molecule has 2 aromatic carbocycles. The van der Waals surface area contributed by atoms with Crippen LogP contribution in [0.25, 0.3) is 22.2 Å². The molecule has 2 saturated heterocycles. The smallest absolute Gasteiger partial charge is 0.257 e. The lowest BCUT2D eigenvalue weighted by Gasteiger charge is -2.26. The van der Waals surface area contributed by atoms with Crippen molar-refractivity contribution in [3.8, 4) is 17.0 Å². The molecule has 43 heavy (non-hydrogen) atoms. The number of likely N-dealkylation sites (tertiary alicyclic amines) is 1. The van der Waals surface area contributed by atoms with Gasteiger partial charge in [-0.25, -0.2) is 9.97 Å². The molecule has 2 aliphatic rings. The number of fused-ring (bicyclic) bond motifs is 2. The number of carbonyl (C=O) groups excluding carboxylic acids is 2. The van der Waals surface area contributed by atoms with Crippen LogP contribution in [0.15, 0.2) is 61.4 Å². The number of nitrogens with zero attached hydrogens (tertiary/aromatic N) is 5. The minimum atomic E-state index is -0.305. The fourth-order valence-electron chi connectivity index (χ4n) is 6.24. The van der Waals surface area contributed by atoms with E-state index in [2.05, 4.69) is 44.0 Å². The lowest BCUT2D eigenvalue weighted by atomic mass is 10.0. The van der Waals surface area contributed by atoms with Gasteiger partial charge in [-0.3, -0.25) is 9.59 Å². The lowest BCUT2D eigenvalue weighted by molar-refractivity contribution is -0.111. The van der Waals surface area contributed by atoms with E-state index >= 15 is 0 Å². The number of methoxy groups -OCH3 is 1. The average molecular weight is 581 g/mol. The number of benzene rings is 2. The number of hydrogen-bond donors (Lipinski definition) is 3. The molecule has 4 heterocycles. The number of nitrogens with one attached hydrogen (secondary N) is 3. The van der Waals surface area contributed by atoms with Gasteiger partial charge in [0.1, 0.15) is 5.75 Å². The third-order valence-electron chi connectivity index (χ3n) is 8.29. The molecule has 0 bridgehead atoms. The van der Waals surface area contributed by atoms with Gasteiger partial charge in [-0.05, 0) is 37.1 Å². The SMILES string of the molecule is C=CC(=O)Nc1cc(Nc2ncc(C(=O)N(C)C)c(-c3c[nH]c4ccccc34)n2)c(OC)cc1N1CC2CN(C)CC2C1. The molecule has 11 heteroatoms. The Balaban J connectivity index is 1.40. The van der Waals surface area contributed by atoms with Crippen LogP contribution in [0.2, 0.25) is 0 Å². The molecule has 2 unspecified atom stereocenters. The maximum atomic E-state index is 13.1. The Bertz CT molecular complexity index is 1700. The van der Waals surface area contributed by atoms with E-state index in [0.29, 0.717) is 40.2 Å². The number of aromatic nitrogens is 3. The Morgan fingerprint density at radius 3 is 2.56 bits per heavy atom. The maximum absolute atomic E-state index is 13.1. The topological polar surface area (TPSA) is 119 Å². The molecule has 2 fully saturated rings. The van der Waals surface area contributed by atoms with E-state index < -0.39 is 0 Å². The first-order valence-electron chi connectivity index (χ1n) is 14.3. The van der Waals surface area contributed by atoms with Crippen LogP contribution in [-0.4, -0.2) is 91.0 Å². The molecule has 2 atom stereocenters. The number of aromatic amines is 1. The second kappa shape index (κ2) is 11.4. The Labute approximate surface area is 250 Å². The van der Waals surface area contributed by atoms with Gasteiger partial charge >= 0.3 is 0 Å². The number of para-hydroxylation sites is 1. The minimum absolute atomic E-state index is 0.204. The number of rotatable bonds is 8. The molecular weight excluding hydrogens is 544 g/mol. The van der Waals surface area contributed by atoms with Gasteiger partial charge in [-0.15, -0.1) is 0 Å². The highest BCUT2D eigenvalue weighted by atomic mass is 16.5. The first kappa shape index (κ1) is 28.2. The summed E-state index contributed by atoms with van der Waals surface area (Å²) in [5.41, 5.74) is 4.70. The number of H-pyrrole nitrogens is 1. The fourth-order valence-corrected chi connectivity index (χ4v) is 6.24. The third-order valence-corrected chi connectivity index (χ3v) is 8.29. The molecule has 3 N–H and O–H groups in total. The molecule has 2 aliphatic heterocycles. The highest BCUT2D eigenvalue weighted by molar-refractivity contribution is 6.05. The molecule has 2 aromatic heterocycles. The number of amides is 2. The second-order valence-corrected chi connectivity index (χ2v) is 11.4. The third kappa shape index (κ3) is 5.39. The quantitative estimate of drug-likeness (QED) is 0.266. The Hall–Kier alpha value is -4.90. The molecule has 222 valence electrons. The van der Waals surface area contributed by atoms with Gasteiger partial charge in [0.25, 0.3) is 5.91 Å². The van der Waals surface area contributed by atoms with Crippen LogP contribution in [-0.2, 0) is 4.79 Å². The molecule has 11 nitrogen and oxygen atoms in total. The van der Waals surface area contributed by atoms with E-state index in [1.165, 1.54) is 17.2 Å². The average Bonchev–Trinajstić information content (AvgIpc) is 3.69. The molecule has 4 aromatic rings. The second-order valence-electron chi connectivity index (χ2n) is 11.4. The number of ether oxygens (including phenoxy) is 1. The summed E-state index contributed by atoms with van der Waals surface area (Å²) in [4.78, 5) is 44.4. The van der Waals surface area contributed by atoms with E-state index in [9.17, 15) is 9.59 Å². The minimum Gasteiger partial charge on any atom is -0.494 e. The summed E-state index contributed by atoms with van der Waals surface area (Å²) in [5, 5.41) is 7.20. The Morgan fingerprint density at radius 2 is 1.86 bits per heavy atom. The monoisotopic (exact) mass is 580 g/mol. The first-order valence-corrected chi connectivity index (χ1v) is 14.3. The van der Waals surface area contributed by atoms with E-state index in [-0.39, 0.29) is 17.8 Å². The van der Waals surface area contributed by atoms with Gasteiger partial charge in [0.2, 0.25) is 11.9 Å². The van der Waals surface area contributed by atoms with Gasteiger partial charge in [0.15, 0.2) is 0 Å². The van der Waals surface area contributed by atoms with Crippen molar-refractivity contribution in [2.45, 2.75) is 0 Å². The van der Waals surface area contributed by atoms with E-state index in [0.717, 1.165) is 48.3 Å². The Morgan fingerprint density at radius 1 is 1.12 bits per heavy atom. The van der Waals surface area contributed by atoms with Gasteiger partial charge in [0.05, 0.1) is 35.4 Å². The van der Waals surface area contributed by atoms with Crippen molar-refractivity contribution in [2.75, 3.05) is 70.0 Å². The van der Waals surface area contributed by atoms with Crippen LogP contribution in [0.1, 0.15) is 10.4 Å². The van der Waals surface area contributed by atoms with Crippen molar-refractivity contribution in [3.63, 3.8) is 0 Å². The summed E-state index contributed by atoms with van der Waals surface area (Å²) in [5.74, 6) is 1.51.